The third-order valence-electron chi connectivity index (χ3n) is 2.97. The number of aryl methyl sites for hydroxylation is 1. The van der Waals surface area contributed by atoms with E-state index >= 15 is 0 Å². The van der Waals surface area contributed by atoms with Gasteiger partial charge in [-0.3, -0.25) is 0 Å². The molecular formula is C13H13Cl2N3. The Morgan fingerprint density at radius 1 is 1.33 bits per heavy atom. The minimum atomic E-state index is 0.576. The number of hydrogen-bond acceptors (Lipinski definition) is 2. The maximum absolute atomic E-state index is 6.14. The summed E-state index contributed by atoms with van der Waals surface area (Å²) in [6.45, 7) is 1.99. The van der Waals surface area contributed by atoms with Crippen LogP contribution >= 0.6 is 23.2 Å². The zero-order chi connectivity index (χ0) is 12.7. The molecule has 2 aromatic rings. The normalized spacial score (nSPS) is 14.8. The fourth-order valence-corrected chi connectivity index (χ4v) is 2.29. The van der Waals surface area contributed by atoms with Crippen molar-refractivity contribution in [3.05, 3.63) is 40.1 Å². The molecule has 1 fully saturated rings. The van der Waals surface area contributed by atoms with Gasteiger partial charge in [0.05, 0.1) is 16.4 Å². The van der Waals surface area contributed by atoms with Crippen molar-refractivity contribution < 1.29 is 0 Å². The number of benzene rings is 1. The van der Waals surface area contributed by atoms with Crippen LogP contribution in [0.15, 0.2) is 24.4 Å². The highest BCUT2D eigenvalue weighted by atomic mass is 35.5. The summed E-state index contributed by atoms with van der Waals surface area (Å²) in [5.41, 5.74) is 1.79. The van der Waals surface area contributed by atoms with E-state index in [-0.39, 0.29) is 0 Å². The van der Waals surface area contributed by atoms with Crippen LogP contribution in [0.3, 0.4) is 0 Å². The molecule has 0 radical (unpaired) electrons. The maximum atomic E-state index is 6.14. The van der Waals surface area contributed by atoms with Gasteiger partial charge >= 0.3 is 0 Å². The third-order valence-corrected chi connectivity index (χ3v) is 3.53. The number of halogens is 2. The molecular weight excluding hydrogens is 269 g/mol. The van der Waals surface area contributed by atoms with Gasteiger partial charge in [-0.05, 0) is 38.0 Å². The van der Waals surface area contributed by atoms with Crippen LogP contribution in [0.25, 0.3) is 0 Å². The first kappa shape index (κ1) is 11.9. The summed E-state index contributed by atoms with van der Waals surface area (Å²) in [7, 11) is 0. The molecule has 1 aliphatic carbocycles. The van der Waals surface area contributed by atoms with E-state index in [1.54, 1.807) is 12.1 Å². The van der Waals surface area contributed by atoms with E-state index in [4.69, 9.17) is 23.2 Å². The molecule has 0 spiro atoms. The fourth-order valence-electron chi connectivity index (χ4n) is 1.95. The Balaban J connectivity index is 1.94. The molecule has 94 valence electrons. The molecule has 1 aliphatic rings. The summed E-state index contributed by atoms with van der Waals surface area (Å²) in [5, 5.41) is 4.56. The number of imidazole rings is 1. The summed E-state index contributed by atoms with van der Waals surface area (Å²) in [5.74, 6) is 0.833. The summed E-state index contributed by atoms with van der Waals surface area (Å²) >= 11 is 12.1. The molecule has 1 saturated carbocycles. The highest BCUT2D eigenvalue weighted by Gasteiger charge is 2.26. The van der Waals surface area contributed by atoms with Crippen molar-refractivity contribution >= 4 is 34.8 Å². The van der Waals surface area contributed by atoms with Gasteiger partial charge in [0.15, 0.2) is 0 Å². The van der Waals surface area contributed by atoms with Crippen molar-refractivity contribution in [3.63, 3.8) is 0 Å². The van der Waals surface area contributed by atoms with Gasteiger partial charge in [-0.2, -0.15) is 0 Å². The SMILES string of the molecule is Cc1cn(C2CC2)c(Nc2cc(Cl)ccc2Cl)n1. The van der Waals surface area contributed by atoms with Gasteiger partial charge in [0.1, 0.15) is 0 Å². The lowest BCUT2D eigenvalue weighted by atomic mass is 10.3. The Kier molecular flexibility index (Phi) is 2.96. The number of hydrogen-bond donors (Lipinski definition) is 1. The minimum absolute atomic E-state index is 0.576. The van der Waals surface area contributed by atoms with Gasteiger partial charge in [-0.25, -0.2) is 4.98 Å². The highest BCUT2D eigenvalue weighted by molar-refractivity contribution is 6.35. The first-order chi connectivity index (χ1) is 8.63. The van der Waals surface area contributed by atoms with E-state index in [0.29, 0.717) is 16.1 Å². The standard InChI is InChI=1S/C13H13Cl2N3/c1-8-7-18(10-3-4-10)13(16-8)17-12-6-9(14)2-5-11(12)15/h2,5-7,10H,3-4H2,1H3,(H,16,17). The minimum Gasteiger partial charge on any atom is -0.324 e. The van der Waals surface area contributed by atoms with E-state index in [0.717, 1.165) is 17.3 Å². The summed E-state index contributed by atoms with van der Waals surface area (Å²) in [4.78, 5) is 4.49. The van der Waals surface area contributed by atoms with Crippen molar-refractivity contribution in [2.24, 2.45) is 0 Å². The Morgan fingerprint density at radius 2 is 2.11 bits per heavy atom. The second-order valence-electron chi connectivity index (χ2n) is 4.59. The second-order valence-corrected chi connectivity index (χ2v) is 5.44. The third kappa shape index (κ3) is 2.33. The van der Waals surface area contributed by atoms with Crippen LogP contribution < -0.4 is 5.32 Å². The predicted molar refractivity (Wildman–Crippen MR) is 75.0 cm³/mol. The van der Waals surface area contributed by atoms with Gasteiger partial charge in [0, 0.05) is 17.3 Å². The van der Waals surface area contributed by atoms with Crippen LogP contribution in [0.5, 0.6) is 0 Å². The average molecular weight is 282 g/mol. The van der Waals surface area contributed by atoms with Gasteiger partial charge in [0.25, 0.3) is 0 Å². The van der Waals surface area contributed by atoms with E-state index in [1.165, 1.54) is 12.8 Å². The average Bonchev–Trinajstić information content (AvgIpc) is 3.09. The number of nitrogens with one attached hydrogen (secondary N) is 1. The van der Waals surface area contributed by atoms with Crippen molar-refractivity contribution in [2.45, 2.75) is 25.8 Å². The van der Waals surface area contributed by atoms with E-state index in [1.807, 2.05) is 13.0 Å². The molecule has 3 rings (SSSR count). The largest absolute Gasteiger partial charge is 0.324 e. The highest BCUT2D eigenvalue weighted by Crippen LogP contribution is 2.38. The lowest BCUT2D eigenvalue weighted by molar-refractivity contribution is 0.750. The smallest absolute Gasteiger partial charge is 0.207 e. The Hall–Kier alpha value is -1.19. The zero-order valence-corrected chi connectivity index (χ0v) is 11.5. The lowest BCUT2D eigenvalue weighted by Gasteiger charge is -2.10. The molecule has 3 nitrogen and oxygen atoms in total. The molecule has 1 N–H and O–H groups in total. The van der Waals surface area contributed by atoms with Crippen LogP contribution in [-0.2, 0) is 0 Å². The Labute approximate surface area is 116 Å². The van der Waals surface area contributed by atoms with Crippen molar-refractivity contribution in [1.82, 2.24) is 9.55 Å². The topological polar surface area (TPSA) is 29.9 Å². The van der Waals surface area contributed by atoms with Crippen molar-refractivity contribution in [3.8, 4) is 0 Å². The molecule has 0 aliphatic heterocycles. The number of anilines is 2. The van der Waals surface area contributed by atoms with Crippen LogP contribution in [0, 0.1) is 6.92 Å². The van der Waals surface area contributed by atoms with Crippen molar-refractivity contribution in [1.29, 1.82) is 0 Å². The number of rotatable bonds is 3. The molecule has 0 amide bonds. The van der Waals surface area contributed by atoms with Crippen LogP contribution in [0.1, 0.15) is 24.6 Å². The first-order valence-electron chi connectivity index (χ1n) is 5.91. The summed E-state index contributed by atoms with van der Waals surface area (Å²) in [6, 6.07) is 5.94. The van der Waals surface area contributed by atoms with E-state index < -0.39 is 0 Å². The van der Waals surface area contributed by atoms with Gasteiger partial charge in [-0.15, -0.1) is 0 Å². The second kappa shape index (κ2) is 4.48. The Bertz CT molecular complexity index is 588. The zero-order valence-electron chi connectivity index (χ0n) is 9.95. The van der Waals surface area contributed by atoms with E-state index in [2.05, 4.69) is 21.1 Å². The van der Waals surface area contributed by atoms with Gasteiger partial charge in [0.2, 0.25) is 5.95 Å². The molecule has 1 heterocycles. The number of nitrogens with zero attached hydrogens (tertiary/aromatic N) is 2. The monoisotopic (exact) mass is 281 g/mol. The first-order valence-corrected chi connectivity index (χ1v) is 6.66. The van der Waals surface area contributed by atoms with Crippen LogP contribution in [0.4, 0.5) is 11.6 Å². The lowest BCUT2D eigenvalue weighted by Crippen LogP contribution is -2.01. The van der Waals surface area contributed by atoms with Crippen molar-refractivity contribution in [2.75, 3.05) is 5.32 Å². The fraction of sp³-hybridized carbons (Fsp3) is 0.308. The van der Waals surface area contributed by atoms with Crippen LogP contribution in [0.2, 0.25) is 10.0 Å². The molecule has 1 aromatic carbocycles. The molecule has 1 aromatic heterocycles. The summed E-state index contributed by atoms with van der Waals surface area (Å²) < 4.78 is 2.17. The molecule has 5 heteroatoms. The molecule has 0 bridgehead atoms. The molecule has 18 heavy (non-hydrogen) atoms. The molecule has 0 saturated heterocycles. The van der Waals surface area contributed by atoms with Crippen LogP contribution in [-0.4, -0.2) is 9.55 Å². The molecule has 0 atom stereocenters. The van der Waals surface area contributed by atoms with Gasteiger partial charge in [-0.1, -0.05) is 23.2 Å². The quantitative estimate of drug-likeness (QED) is 0.893. The predicted octanol–water partition coefficient (Wildman–Crippen LogP) is 4.58. The summed E-state index contributed by atoms with van der Waals surface area (Å²) in [6.07, 6.45) is 4.50. The maximum Gasteiger partial charge on any atom is 0.207 e. The van der Waals surface area contributed by atoms with Gasteiger partial charge < -0.3 is 9.88 Å². The van der Waals surface area contributed by atoms with E-state index in [9.17, 15) is 0 Å². The number of aromatic nitrogens is 2. The Morgan fingerprint density at radius 3 is 2.83 bits per heavy atom. The molecule has 0 unspecified atom stereocenters.